The molecule has 0 radical (unpaired) electrons. The van der Waals surface area contributed by atoms with Crippen molar-refractivity contribution in [1.29, 1.82) is 0 Å². The van der Waals surface area contributed by atoms with Crippen molar-refractivity contribution in [2.24, 2.45) is 0 Å². The van der Waals surface area contributed by atoms with E-state index in [9.17, 15) is 4.79 Å². The van der Waals surface area contributed by atoms with Crippen molar-refractivity contribution in [1.82, 2.24) is 4.90 Å². The van der Waals surface area contributed by atoms with E-state index in [-0.39, 0.29) is 6.09 Å². The highest BCUT2D eigenvalue weighted by molar-refractivity contribution is 5.71. The van der Waals surface area contributed by atoms with Crippen LogP contribution in [0.1, 0.15) is 47.0 Å². The van der Waals surface area contributed by atoms with E-state index < -0.39 is 5.60 Å². The average molecular weight is 243 g/mol. The van der Waals surface area contributed by atoms with E-state index in [1.807, 2.05) is 20.8 Å². The molecule has 1 aliphatic rings. The predicted molar refractivity (Wildman–Crippen MR) is 67.1 cm³/mol. The summed E-state index contributed by atoms with van der Waals surface area (Å²) in [5, 5.41) is 0. The zero-order valence-electron chi connectivity index (χ0n) is 11.5. The molecule has 100 valence electrons. The van der Waals surface area contributed by atoms with Crippen molar-refractivity contribution >= 4 is 6.09 Å². The molecule has 0 saturated carbocycles. The molecule has 0 bridgehead atoms. The number of carbonyl (C=O) groups excluding carboxylic acids is 1. The lowest BCUT2D eigenvalue weighted by Gasteiger charge is -2.19. The van der Waals surface area contributed by atoms with Gasteiger partial charge in [-0.3, -0.25) is 0 Å². The van der Waals surface area contributed by atoms with Crippen LogP contribution in [0.4, 0.5) is 4.79 Å². The van der Waals surface area contributed by atoms with Gasteiger partial charge in [-0.2, -0.15) is 0 Å². The minimum atomic E-state index is -0.401. The molecule has 1 heterocycles. The molecule has 1 saturated heterocycles. The lowest BCUT2D eigenvalue weighted by Crippen LogP contribution is -2.28. The van der Waals surface area contributed by atoms with Crippen LogP contribution in [0.15, 0.2) is 0 Å². The molecule has 0 aromatic heterocycles. The van der Waals surface area contributed by atoms with Crippen LogP contribution in [0.25, 0.3) is 0 Å². The van der Waals surface area contributed by atoms with Gasteiger partial charge < -0.3 is 14.4 Å². The van der Waals surface area contributed by atoms with E-state index in [1.165, 1.54) is 0 Å². The second kappa shape index (κ2) is 6.24. The number of rotatable bonds is 6. The molecule has 0 spiro atoms. The summed E-state index contributed by atoms with van der Waals surface area (Å²) in [5.41, 5.74) is -0.401. The molecule has 1 atom stereocenters. The number of carbonyl (C=O) groups is 1. The number of ether oxygens (including phenoxy) is 2. The fourth-order valence-electron chi connectivity index (χ4n) is 1.54. The first kappa shape index (κ1) is 14.3. The summed E-state index contributed by atoms with van der Waals surface area (Å²) < 4.78 is 10.8. The van der Waals surface area contributed by atoms with Gasteiger partial charge in [-0.05, 0) is 33.6 Å². The Morgan fingerprint density at radius 1 is 1.35 bits per heavy atom. The van der Waals surface area contributed by atoms with Crippen molar-refractivity contribution in [3.05, 3.63) is 0 Å². The fourth-order valence-corrected chi connectivity index (χ4v) is 1.54. The van der Waals surface area contributed by atoms with Gasteiger partial charge >= 0.3 is 6.09 Å². The summed E-state index contributed by atoms with van der Waals surface area (Å²) in [4.78, 5) is 13.4. The molecule has 0 N–H and O–H groups in total. The van der Waals surface area contributed by atoms with Gasteiger partial charge in [0.15, 0.2) is 0 Å². The van der Waals surface area contributed by atoms with Crippen LogP contribution >= 0.6 is 0 Å². The highest BCUT2D eigenvalue weighted by Crippen LogP contribution is 2.24. The summed E-state index contributed by atoms with van der Waals surface area (Å²) in [7, 11) is 0. The predicted octanol–water partition coefficient (Wildman–Crippen LogP) is 2.81. The normalized spacial score (nSPS) is 19.3. The van der Waals surface area contributed by atoms with Crippen LogP contribution < -0.4 is 0 Å². The maximum absolute atomic E-state index is 11.6. The fraction of sp³-hybridized carbons (Fsp3) is 0.923. The van der Waals surface area contributed by atoms with Crippen LogP contribution in [-0.4, -0.2) is 42.4 Å². The molecule has 0 aliphatic carbocycles. The lowest BCUT2D eigenvalue weighted by atomic mass is 10.2. The largest absolute Gasteiger partial charge is 0.444 e. The van der Waals surface area contributed by atoms with E-state index >= 15 is 0 Å². The Balaban J connectivity index is 2.06. The van der Waals surface area contributed by atoms with Gasteiger partial charge in [0.05, 0.1) is 6.04 Å². The number of amides is 1. The monoisotopic (exact) mass is 243 g/mol. The third-order valence-corrected chi connectivity index (χ3v) is 2.58. The van der Waals surface area contributed by atoms with Crippen LogP contribution in [-0.2, 0) is 9.47 Å². The second-order valence-electron chi connectivity index (χ2n) is 5.54. The number of unbranched alkanes of at least 4 members (excludes halogenated alkanes) is 1. The molecule has 4 heteroatoms. The molecule has 0 aromatic carbocycles. The Kier molecular flexibility index (Phi) is 5.25. The standard InChI is InChI=1S/C13H25NO3/c1-5-6-8-16-9-7-11-10-14(11)12(15)17-13(2,3)4/h11H,5-10H2,1-4H3/t11-,14?/m0/s1. The van der Waals surface area contributed by atoms with E-state index in [2.05, 4.69) is 6.92 Å². The highest BCUT2D eigenvalue weighted by Gasteiger charge is 2.40. The smallest absolute Gasteiger partial charge is 0.410 e. The summed E-state index contributed by atoms with van der Waals surface area (Å²) in [6, 6.07) is 0.325. The highest BCUT2D eigenvalue weighted by atomic mass is 16.6. The minimum absolute atomic E-state index is 0.198. The summed E-state index contributed by atoms with van der Waals surface area (Å²) >= 11 is 0. The second-order valence-corrected chi connectivity index (χ2v) is 5.54. The SMILES string of the molecule is CCCCOCC[C@H]1CN1C(=O)OC(C)(C)C. The average Bonchev–Trinajstić information content (AvgIpc) is 2.94. The van der Waals surface area contributed by atoms with E-state index in [1.54, 1.807) is 4.90 Å². The van der Waals surface area contributed by atoms with E-state index in [0.717, 1.165) is 39.0 Å². The molecule has 1 fully saturated rings. The maximum atomic E-state index is 11.6. The Morgan fingerprint density at radius 2 is 2.06 bits per heavy atom. The van der Waals surface area contributed by atoms with Crippen LogP contribution in [0, 0.1) is 0 Å². The summed E-state index contributed by atoms with van der Waals surface area (Å²) in [6.07, 6.45) is 2.99. The van der Waals surface area contributed by atoms with Gasteiger partial charge in [0.2, 0.25) is 0 Å². The van der Waals surface area contributed by atoms with E-state index in [0.29, 0.717) is 6.04 Å². The topological polar surface area (TPSA) is 38.5 Å². The quantitative estimate of drug-likeness (QED) is 0.532. The Labute approximate surface area is 104 Å². The van der Waals surface area contributed by atoms with Crippen molar-refractivity contribution in [3.63, 3.8) is 0 Å². The molecule has 17 heavy (non-hydrogen) atoms. The van der Waals surface area contributed by atoms with Crippen molar-refractivity contribution < 1.29 is 14.3 Å². The van der Waals surface area contributed by atoms with Gasteiger partial charge in [-0.15, -0.1) is 0 Å². The van der Waals surface area contributed by atoms with Gasteiger partial charge in [-0.1, -0.05) is 13.3 Å². The minimum Gasteiger partial charge on any atom is -0.444 e. The summed E-state index contributed by atoms with van der Waals surface area (Å²) in [5.74, 6) is 0. The van der Waals surface area contributed by atoms with Crippen LogP contribution in [0.2, 0.25) is 0 Å². The van der Waals surface area contributed by atoms with Crippen molar-refractivity contribution in [2.45, 2.75) is 58.6 Å². The third kappa shape index (κ3) is 5.91. The van der Waals surface area contributed by atoms with Crippen LogP contribution in [0.3, 0.4) is 0 Å². The summed E-state index contributed by atoms with van der Waals surface area (Å²) in [6.45, 7) is 10.2. The molecular formula is C13H25NO3. The first-order valence-electron chi connectivity index (χ1n) is 6.51. The molecule has 1 amide bonds. The first-order valence-corrected chi connectivity index (χ1v) is 6.51. The number of nitrogens with zero attached hydrogens (tertiary/aromatic N) is 1. The first-order chi connectivity index (χ1) is 7.94. The molecule has 4 nitrogen and oxygen atoms in total. The van der Waals surface area contributed by atoms with Crippen molar-refractivity contribution in [3.8, 4) is 0 Å². The number of hydrogen-bond acceptors (Lipinski definition) is 3. The van der Waals surface area contributed by atoms with Gasteiger partial charge in [0.25, 0.3) is 0 Å². The molecular weight excluding hydrogens is 218 g/mol. The van der Waals surface area contributed by atoms with E-state index in [4.69, 9.17) is 9.47 Å². The molecule has 0 aromatic rings. The lowest BCUT2D eigenvalue weighted by molar-refractivity contribution is 0.0398. The van der Waals surface area contributed by atoms with Gasteiger partial charge in [-0.25, -0.2) is 4.79 Å². The zero-order valence-corrected chi connectivity index (χ0v) is 11.5. The Bertz CT molecular complexity index is 248. The zero-order chi connectivity index (χ0) is 12.9. The Morgan fingerprint density at radius 3 is 2.65 bits per heavy atom. The third-order valence-electron chi connectivity index (χ3n) is 2.58. The van der Waals surface area contributed by atoms with Crippen molar-refractivity contribution in [2.75, 3.05) is 19.8 Å². The van der Waals surface area contributed by atoms with Gasteiger partial charge in [0.1, 0.15) is 5.60 Å². The molecule has 1 rings (SSSR count). The maximum Gasteiger partial charge on any atom is 0.410 e. The van der Waals surface area contributed by atoms with Gasteiger partial charge in [0, 0.05) is 19.8 Å². The Hall–Kier alpha value is -0.770. The molecule has 0 unspecified atom stereocenters. The number of hydrogen-bond donors (Lipinski definition) is 0. The molecule has 1 aliphatic heterocycles. The van der Waals surface area contributed by atoms with Crippen LogP contribution in [0.5, 0.6) is 0 Å².